The second kappa shape index (κ2) is 17.1. The van der Waals surface area contributed by atoms with Crippen LogP contribution in [0.15, 0.2) is 128 Å². The summed E-state index contributed by atoms with van der Waals surface area (Å²) in [6.07, 6.45) is 2.99. The number of phenolic OH excluding ortho intramolecular Hbond substituents is 1. The number of benzene rings is 6. The van der Waals surface area contributed by atoms with E-state index < -0.39 is 0 Å². The molecule has 1 aliphatic rings. The Labute approximate surface area is 418 Å². The standard InChI is InChI=1S/C65H74N4O/c1-40-19-17-20-50(29-40)68-28-26-41-23-24-42(34-57(41)68)43-25-27-66-55(33-43)45-30-44(31-46(32-45)61(2,3)4)52-21-18-22-56-58(52)67-60(53-38-49(64(11,12)13)39-54(59(53)70)65(14,15)16)69(56)51-36-47(62(5,6)7)35-48(37-51)63(8,9)10/h17-25,27,29-39,70H,26,28H2,1-16H3. The molecule has 9 rings (SSSR count). The van der Waals surface area contributed by atoms with Gasteiger partial charge in [0, 0.05) is 46.5 Å². The Kier molecular flexibility index (Phi) is 11.9. The second-order valence-electron chi connectivity index (χ2n) is 25.2. The van der Waals surface area contributed by atoms with Crippen molar-refractivity contribution in [2.45, 2.75) is 144 Å². The quantitative estimate of drug-likeness (QED) is 0.181. The Morgan fingerprint density at radius 2 is 1.11 bits per heavy atom. The van der Waals surface area contributed by atoms with E-state index in [4.69, 9.17) is 9.97 Å². The Hall–Kier alpha value is -6.46. The highest BCUT2D eigenvalue weighted by molar-refractivity contribution is 5.97. The van der Waals surface area contributed by atoms with Crippen molar-refractivity contribution >= 4 is 22.4 Å². The number of imidazole rings is 1. The molecule has 0 unspecified atom stereocenters. The molecule has 3 heterocycles. The van der Waals surface area contributed by atoms with Gasteiger partial charge in [-0.15, -0.1) is 0 Å². The van der Waals surface area contributed by atoms with Gasteiger partial charge in [0.2, 0.25) is 0 Å². The zero-order chi connectivity index (χ0) is 50.5. The zero-order valence-corrected chi connectivity index (χ0v) is 44.8. The summed E-state index contributed by atoms with van der Waals surface area (Å²) < 4.78 is 2.31. The lowest BCUT2D eigenvalue weighted by atomic mass is 9.78. The van der Waals surface area contributed by atoms with E-state index in [0.29, 0.717) is 0 Å². The molecule has 0 aliphatic carbocycles. The molecule has 0 spiro atoms. The van der Waals surface area contributed by atoms with Crippen LogP contribution in [-0.4, -0.2) is 26.2 Å². The Morgan fingerprint density at radius 3 is 1.76 bits per heavy atom. The van der Waals surface area contributed by atoms with Crippen molar-refractivity contribution in [2.24, 2.45) is 0 Å². The van der Waals surface area contributed by atoms with Crippen LogP contribution in [-0.2, 0) is 33.5 Å². The number of pyridine rings is 1. The molecule has 8 aromatic rings. The molecule has 1 aliphatic heterocycles. The van der Waals surface area contributed by atoms with Crippen molar-refractivity contribution in [2.75, 3.05) is 11.4 Å². The Bertz CT molecular complexity index is 3280. The van der Waals surface area contributed by atoms with Crippen molar-refractivity contribution in [1.82, 2.24) is 14.5 Å². The number of para-hydroxylation sites is 1. The van der Waals surface area contributed by atoms with E-state index in [1.807, 2.05) is 6.20 Å². The summed E-state index contributed by atoms with van der Waals surface area (Å²) in [7, 11) is 0. The third-order valence-electron chi connectivity index (χ3n) is 14.4. The third kappa shape index (κ3) is 9.32. The molecule has 0 fully saturated rings. The topological polar surface area (TPSA) is 54.2 Å². The molecule has 5 nitrogen and oxygen atoms in total. The van der Waals surface area contributed by atoms with Gasteiger partial charge < -0.3 is 10.0 Å². The van der Waals surface area contributed by atoms with Crippen LogP contribution in [0.25, 0.3) is 61.6 Å². The summed E-state index contributed by atoms with van der Waals surface area (Å²) in [5.74, 6) is 0.996. The number of phenols is 1. The van der Waals surface area contributed by atoms with E-state index in [-0.39, 0.29) is 32.8 Å². The minimum atomic E-state index is -0.314. The summed E-state index contributed by atoms with van der Waals surface area (Å²) in [6, 6.07) is 45.1. The van der Waals surface area contributed by atoms with Crippen LogP contribution >= 0.6 is 0 Å². The number of aromatic hydroxyl groups is 1. The maximum Gasteiger partial charge on any atom is 0.149 e. The lowest BCUT2D eigenvalue weighted by Crippen LogP contribution is -2.18. The highest BCUT2D eigenvalue weighted by Gasteiger charge is 2.31. The Morgan fingerprint density at radius 1 is 0.500 bits per heavy atom. The number of fused-ring (bicyclic) bond motifs is 2. The molecule has 0 saturated carbocycles. The monoisotopic (exact) mass is 927 g/mol. The summed E-state index contributed by atoms with van der Waals surface area (Å²) in [4.78, 5) is 13.2. The van der Waals surface area contributed by atoms with Crippen molar-refractivity contribution in [1.29, 1.82) is 0 Å². The van der Waals surface area contributed by atoms with E-state index >= 15 is 0 Å². The molecule has 1 N–H and O–H groups in total. The minimum absolute atomic E-state index is 0.108. The van der Waals surface area contributed by atoms with Gasteiger partial charge in [-0.05, 0) is 157 Å². The lowest BCUT2D eigenvalue weighted by Gasteiger charge is -2.28. The van der Waals surface area contributed by atoms with Crippen molar-refractivity contribution in [3.63, 3.8) is 0 Å². The van der Waals surface area contributed by atoms with Crippen LogP contribution < -0.4 is 4.90 Å². The van der Waals surface area contributed by atoms with Crippen molar-refractivity contribution in [3.05, 3.63) is 166 Å². The molecule has 6 aromatic carbocycles. The average molecular weight is 927 g/mol. The molecule has 0 bridgehead atoms. The number of aromatic nitrogens is 3. The SMILES string of the molecule is Cc1cccc(N2CCc3ccc(-c4ccnc(-c5cc(-c6cccc7c6nc(-c6cc(C(C)(C)C)cc(C(C)(C)C)c6O)n7-c6cc(C(C)(C)C)cc(C(C)(C)C)c6)cc(C(C)(C)C)c5)c4)cc32)c1. The first kappa shape index (κ1) is 48.6. The summed E-state index contributed by atoms with van der Waals surface area (Å²) in [5.41, 5.74) is 20.1. The molecule has 2 aromatic heterocycles. The van der Waals surface area contributed by atoms with Crippen LogP contribution in [0.4, 0.5) is 11.4 Å². The van der Waals surface area contributed by atoms with Gasteiger partial charge in [0.1, 0.15) is 11.6 Å². The average Bonchev–Trinajstić information content (AvgIpc) is 3.89. The molecule has 0 saturated heterocycles. The van der Waals surface area contributed by atoms with Crippen LogP contribution in [0.5, 0.6) is 5.75 Å². The van der Waals surface area contributed by atoms with Gasteiger partial charge in [-0.1, -0.05) is 158 Å². The van der Waals surface area contributed by atoms with Gasteiger partial charge in [-0.2, -0.15) is 0 Å². The predicted octanol–water partition coefficient (Wildman–Crippen LogP) is 17.3. The number of rotatable bonds is 6. The van der Waals surface area contributed by atoms with Crippen LogP contribution in [0.3, 0.4) is 0 Å². The molecule has 0 amide bonds. The maximum atomic E-state index is 12.6. The fraction of sp³-hybridized carbons (Fsp3) is 0.354. The highest BCUT2D eigenvalue weighted by Crippen LogP contribution is 2.46. The van der Waals surface area contributed by atoms with E-state index in [1.165, 1.54) is 44.8 Å². The third-order valence-corrected chi connectivity index (χ3v) is 14.4. The predicted molar refractivity (Wildman–Crippen MR) is 298 cm³/mol. The van der Waals surface area contributed by atoms with Crippen LogP contribution in [0, 0.1) is 6.92 Å². The van der Waals surface area contributed by atoms with E-state index in [1.54, 1.807) is 0 Å². The summed E-state index contributed by atoms with van der Waals surface area (Å²) in [6.45, 7) is 37.0. The molecule has 360 valence electrons. The minimum Gasteiger partial charge on any atom is -0.507 e. The summed E-state index contributed by atoms with van der Waals surface area (Å²) in [5, 5.41) is 12.6. The van der Waals surface area contributed by atoms with Gasteiger partial charge in [-0.25, -0.2) is 4.98 Å². The van der Waals surface area contributed by atoms with Crippen molar-refractivity contribution < 1.29 is 5.11 Å². The highest BCUT2D eigenvalue weighted by atomic mass is 16.3. The lowest BCUT2D eigenvalue weighted by molar-refractivity contribution is 0.446. The fourth-order valence-corrected chi connectivity index (χ4v) is 9.94. The fourth-order valence-electron chi connectivity index (χ4n) is 9.94. The second-order valence-corrected chi connectivity index (χ2v) is 25.2. The van der Waals surface area contributed by atoms with Crippen LogP contribution in [0.1, 0.15) is 143 Å². The molecule has 0 atom stereocenters. The van der Waals surface area contributed by atoms with Gasteiger partial charge in [-0.3, -0.25) is 9.55 Å². The Balaban J connectivity index is 1.27. The van der Waals surface area contributed by atoms with Gasteiger partial charge in [0.05, 0.1) is 22.3 Å². The first-order chi connectivity index (χ1) is 32.6. The number of aryl methyl sites for hydroxylation is 1. The first-order valence-corrected chi connectivity index (χ1v) is 25.3. The first-order valence-electron chi connectivity index (χ1n) is 25.3. The number of anilines is 2. The van der Waals surface area contributed by atoms with Gasteiger partial charge >= 0.3 is 0 Å². The van der Waals surface area contributed by atoms with Gasteiger partial charge in [0.15, 0.2) is 0 Å². The number of nitrogens with zero attached hydrogens (tertiary/aromatic N) is 4. The molecule has 5 heteroatoms. The maximum absolute atomic E-state index is 12.6. The molecule has 70 heavy (non-hydrogen) atoms. The molecular formula is C65H74N4O. The molecule has 0 radical (unpaired) electrons. The largest absolute Gasteiger partial charge is 0.507 e. The van der Waals surface area contributed by atoms with Crippen LogP contribution in [0.2, 0.25) is 0 Å². The smallest absolute Gasteiger partial charge is 0.149 e. The van der Waals surface area contributed by atoms with Gasteiger partial charge in [0.25, 0.3) is 0 Å². The number of hydrogen-bond donors (Lipinski definition) is 1. The number of hydrogen-bond acceptors (Lipinski definition) is 4. The van der Waals surface area contributed by atoms with E-state index in [2.05, 4.69) is 242 Å². The van der Waals surface area contributed by atoms with E-state index in [0.717, 1.165) is 80.1 Å². The molecular weight excluding hydrogens is 853 g/mol. The normalized spacial score (nSPS) is 13.6. The summed E-state index contributed by atoms with van der Waals surface area (Å²) >= 11 is 0. The van der Waals surface area contributed by atoms with E-state index in [9.17, 15) is 5.11 Å². The zero-order valence-electron chi connectivity index (χ0n) is 44.8. The van der Waals surface area contributed by atoms with Crippen molar-refractivity contribution in [3.8, 4) is 56.3 Å².